The number of hydrogen-bond acceptors (Lipinski definition) is 4. The lowest BCUT2D eigenvalue weighted by Gasteiger charge is -2.24. The fourth-order valence-electron chi connectivity index (χ4n) is 4.71. The van der Waals surface area contributed by atoms with Crippen LogP contribution >= 0.6 is 0 Å². The molecule has 0 unspecified atom stereocenters. The number of nitrogens with one attached hydrogen (secondary N) is 1. The Labute approximate surface area is 202 Å². The molecule has 9 nitrogen and oxygen atoms in total. The van der Waals surface area contributed by atoms with Crippen LogP contribution in [0.2, 0.25) is 0 Å². The van der Waals surface area contributed by atoms with E-state index in [2.05, 4.69) is 10.4 Å². The molecule has 0 saturated carbocycles. The van der Waals surface area contributed by atoms with Gasteiger partial charge in [-0.3, -0.25) is 14.0 Å². The number of carbonyl (C=O) groups excluding carboxylic acids is 3. The van der Waals surface area contributed by atoms with Gasteiger partial charge >= 0.3 is 12.1 Å². The lowest BCUT2D eigenvalue weighted by Crippen LogP contribution is -2.43. The highest BCUT2D eigenvalue weighted by Crippen LogP contribution is 2.28. The van der Waals surface area contributed by atoms with E-state index in [0.717, 1.165) is 23.4 Å². The Morgan fingerprint density at radius 3 is 2.60 bits per heavy atom. The van der Waals surface area contributed by atoms with Gasteiger partial charge < -0.3 is 16.0 Å². The molecule has 35 heavy (non-hydrogen) atoms. The SMILES string of the molecule is Cn1nc(-c2ccccc2)cc1CC(=O)[C@@H]1CCCN1C(=O)Nc1cn(C(N)=O)c2ccccc12. The number of urea groups is 1. The van der Waals surface area contributed by atoms with Crippen molar-refractivity contribution in [3.05, 3.63) is 72.6 Å². The number of fused-ring (bicyclic) bond motifs is 1. The van der Waals surface area contributed by atoms with Crippen molar-refractivity contribution in [2.45, 2.75) is 25.3 Å². The van der Waals surface area contributed by atoms with E-state index in [9.17, 15) is 14.4 Å². The predicted molar refractivity (Wildman–Crippen MR) is 133 cm³/mol. The van der Waals surface area contributed by atoms with Gasteiger partial charge in [0.05, 0.1) is 29.4 Å². The summed E-state index contributed by atoms with van der Waals surface area (Å²) in [4.78, 5) is 39.8. The number of aryl methyl sites for hydroxylation is 1. The Balaban J connectivity index is 1.32. The van der Waals surface area contributed by atoms with Gasteiger partial charge in [-0.1, -0.05) is 48.5 Å². The molecule has 1 aliphatic heterocycles. The number of rotatable bonds is 5. The van der Waals surface area contributed by atoms with E-state index in [1.165, 1.54) is 10.8 Å². The number of aromatic nitrogens is 3. The number of para-hydroxylation sites is 1. The van der Waals surface area contributed by atoms with Gasteiger partial charge in [0.1, 0.15) is 0 Å². The molecular weight excluding hydrogens is 444 g/mol. The van der Waals surface area contributed by atoms with E-state index in [1.54, 1.807) is 21.7 Å². The first-order chi connectivity index (χ1) is 16.9. The Bertz CT molecular complexity index is 1420. The van der Waals surface area contributed by atoms with Gasteiger partial charge in [-0.15, -0.1) is 0 Å². The van der Waals surface area contributed by atoms with Crippen LogP contribution in [-0.2, 0) is 18.3 Å². The topological polar surface area (TPSA) is 115 Å². The van der Waals surface area contributed by atoms with E-state index < -0.39 is 12.1 Å². The summed E-state index contributed by atoms with van der Waals surface area (Å²) in [5.41, 5.74) is 9.15. The van der Waals surface area contributed by atoms with Crippen LogP contribution in [-0.4, -0.2) is 49.7 Å². The monoisotopic (exact) mass is 470 g/mol. The molecule has 5 rings (SSSR count). The minimum absolute atomic E-state index is 0.0279. The molecule has 178 valence electrons. The van der Waals surface area contributed by atoms with Crippen LogP contribution < -0.4 is 11.1 Å². The fraction of sp³-hybridized carbons (Fsp3) is 0.231. The average molecular weight is 471 g/mol. The van der Waals surface area contributed by atoms with Crippen molar-refractivity contribution in [2.75, 3.05) is 11.9 Å². The zero-order valence-corrected chi connectivity index (χ0v) is 19.3. The Morgan fingerprint density at radius 1 is 1.09 bits per heavy atom. The lowest BCUT2D eigenvalue weighted by molar-refractivity contribution is -0.122. The number of nitrogens with two attached hydrogens (primary N) is 1. The second-order valence-electron chi connectivity index (χ2n) is 8.70. The highest BCUT2D eigenvalue weighted by molar-refractivity contribution is 6.05. The average Bonchev–Trinajstić information content (AvgIpc) is 3.58. The van der Waals surface area contributed by atoms with E-state index in [0.29, 0.717) is 29.6 Å². The van der Waals surface area contributed by atoms with Gasteiger partial charge in [0, 0.05) is 36.4 Å². The molecule has 1 atom stereocenters. The van der Waals surface area contributed by atoms with Crippen LogP contribution in [0.4, 0.5) is 15.3 Å². The molecule has 1 saturated heterocycles. The molecule has 2 aromatic carbocycles. The van der Waals surface area contributed by atoms with Crippen molar-refractivity contribution >= 4 is 34.4 Å². The molecule has 9 heteroatoms. The summed E-state index contributed by atoms with van der Waals surface area (Å²) in [5.74, 6) is -0.0279. The second-order valence-corrected chi connectivity index (χ2v) is 8.70. The van der Waals surface area contributed by atoms with Gasteiger partial charge in [-0.05, 0) is 25.0 Å². The maximum Gasteiger partial charge on any atom is 0.323 e. The largest absolute Gasteiger partial charge is 0.351 e. The molecule has 0 spiro atoms. The maximum absolute atomic E-state index is 13.3. The van der Waals surface area contributed by atoms with E-state index in [4.69, 9.17) is 5.73 Å². The number of likely N-dealkylation sites (tertiary alicyclic amines) is 1. The van der Waals surface area contributed by atoms with E-state index >= 15 is 0 Å². The van der Waals surface area contributed by atoms with Gasteiger partial charge in [-0.25, -0.2) is 9.59 Å². The molecular formula is C26H26N6O3. The van der Waals surface area contributed by atoms with Crippen molar-refractivity contribution in [3.8, 4) is 11.3 Å². The minimum Gasteiger partial charge on any atom is -0.351 e. The highest BCUT2D eigenvalue weighted by atomic mass is 16.2. The number of benzene rings is 2. The first kappa shape index (κ1) is 22.4. The summed E-state index contributed by atoms with van der Waals surface area (Å²) >= 11 is 0. The van der Waals surface area contributed by atoms with Crippen LogP contribution in [0.5, 0.6) is 0 Å². The number of hydrogen-bond donors (Lipinski definition) is 2. The quantitative estimate of drug-likeness (QED) is 0.462. The van der Waals surface area contributed by atoms with Crippen molar-refractivity contribution in [3.63, 3.8) is 0 Å². The molecule has 0 radical (unpaired) electrons. The van der Waals surface area contributed by atoms with Gasteiger partial charge in [0.25, 0.3) is 0 Å². The third kappa shape index (κ3) is 4.28. The Hall–Kier alpha value is -4.40. The summed E-state index contributed by atoms with van der Waals surface area (Å²) < 4.78 is 3.02. The van der Waals surface area contributed by atoms with E-state index in [-0.39, 0.29) is 18.2 Å². The molecule has 1 aliphatic rings. The third-order valence-corrected chi connectivity index (χ3v) is 6.48. The van der Waals surface area contributed by atoms with Crippen LogP contribution in [0, 0.1) is 0 Å². The zero-order chi connectivity index (χ0) is 24.5. The molecule has 4 aromatic rings. The maximum atomic E-state index is 13.3. The first-order valence-corrected chi connectivity index (χ1v) is 11.5. The fourth-order valence-corrected chi connectivity index (χ4v) is 4.71. The first-order valence-electron chi connectivity index (χ1n) is 11.5. The molecule has 1 fully saturated rings. The van der Waals surface area contributed by atoms with Crippen LogP contribution in [0.15, 0.2) is 66.9 Å². The van der Waals surface area contributed by atoms with Crippen molar-refractivity contribution in [2.24, 2.45) is 12.8 Å². The number of nitrogens with zero attached hydrogens (tertiary/aromatic N) is 4. The number of amides is 3. The van der Waals surface area contributed by atoms with Crippen molar-refractivity contribution in [1.29, 1.82) is 0 Å². The molecule has 2 aromatic heterocycles. The summed E-state index contributed by atoms with van der Waals surface area (Å²) in [7, 11) is 1.82. The number of anilines is 1. The van der Waals surface area contributed by atoms with Crippen molar-refractivity contribution in [1.82, 2.24) is 19.2 Å². The molecule has 0 bridgehead atoms. The standard InChI is InChI=1S/C26H26N6O3/c1-30-18(14-20(29-30)17-8-3-2-4-9-17)15-24(33)23-12-7-13-31(23)26(35)28-21-16-32(25(27)34)22-11-6-5-10-19(21)22/h2-6,8-11,14,16,23H,7,12-13,15H2,1H3,(H2,27,34)(H,28,35)/t23-/m0/s1. The third-order valence-electron chi connectivity index (χ3n) is 6.48. The van der Waals surface area contributed by atoms with Gasteiger partial charge in [0.2, 0.25) is 0 Å². The summed E-state index contributed by atoms with van der Waals surface area (Å²) in [5, 5.41) is 8.12. The Kier molecular flexibility index (Phi) is 5.82. The molecule has 3 heterocycles. The summed E-state index contributed by atoms with van der Waals surface area (Å²) in [6, 6.07) is 17.4. The minimum atomic E-state index is -0.637. The van der Waals surface area contributed by atoms with Crippen LogP contribution in [0.1, 0.15) is 18.5 Å². The summed E-state index contributed by atoms with van der Waals surface area (Å²) in [6.45, 7) is 0.483. The molecule has 3 amide bonds. The molecule has 0 aliphatic carbocycles. The molecule has 3 N–H and O–H groups in total. The van der Waals surface area contributed by atoms with Crippen LogP contribution in [0.3, 0.4) is 0 Å². The lowest BCUT2D eigenvalue weighted by atomic mass is 10.0. The predicted octanol–water partition coefficient (Wildman–Crippen LogP) is 3.78. The van der Waals surface area contributed by atoms with Gasteiger partial charge in [0.15, 0.2) is 5.78 Å². The zero-order valence-electron chi connectivity index (χ0n) is 19.3. The smallest absolute Gasteiger partial charge is 0.323 e. The number of ketones is 1. The normalized spacial score (nSPS) is 15.5. The van der Waals surface area contributed by atoms with Gasteiger partial charge in [-0.2, -0.15) is 5.10 Å². The second kappa shape index (κ2) is 9.09. The highest BCUT2D eigenvalue weighted by Gasteiger charge is 2.34. The number of carbonyl (C=O) groups is 3. The summed E-state index contributed by atoms with van der Waals surface area (Å²) in [6.07, 6.45) is 3.05. The Morgan fingerprint density at radius 2 is 1.83 bits per heavy atom. The van der Waals surface area contributed by atoms with Crippen LogP contribution in [0.25, 0.3) is 22.2 Å². The van der Waals surface area contributed by atoms with Crippen molar-refractivity contribution < 1.29 is 14.4 Å². The van der Waals surface area contributed by atoms with E-state index in [1.807, 2.05) is 55.6 Å². The number of Topliss-reactive ketones (excluding diaryl/α,β-unsaturated/α-hetero) is 1. The number of primary amides is 1.